The van der Waals surface area contributed by atoms with Crippen molar-refractivity contribution in [1.82, 2.24) is 10.2 Å². The third-order valence-corrected chi connectivity index (χ3v) is 1.70. The third-order valence-electron chi connectivity index (χ3n) is 1.53. The number of nitrogens with zero attached hydrogens (tertiary/aromatic N) is 1. The van der Waals surface area contributed by atoms with Crippen LogP contribution in [-0.4, -0.2) is 10.2 Å². The lowest BCUT2D eigenvalue weighted by molar-refractivity contribution is 0.524. The van der Waals surface area contributed by atoms with Gasteiger partial charge in [-0.3, -0.25) is 0 Å². The summed E-state index contributed by atoms with van der Waals surface area (Å²) < 4.78 is 4.98. The first-order valence-electron chi connectivity index (χ1n) is 3.97. The molecule has 0 amide bonds. The van der Waals surface area contributed by atoms with E-state index in [-0.39, 0.29) is 4.84 Å². The van der Waals surface area contributed by atoms with Gasteiger partial charge < -0.3 is 4.42 Å². The number of rotatable bonds is 0. The molecule has 68 valence electrons. The zero-order chi connectivity index (χ0) is 9.80. The fraction of sp³-hybridized carbons (Fsp3) is 0. The van der Waals surface area contributed by atoms with Gasteiger partial charge in [-0.2, -0.15) is 0 Å². The maximum Gasteiger partial charge on any atom is 0.293 e. The summed E-state index contributed by atoms with van der Waals surface area (Å²) in [4.78, 5) is 0.238. The van der Waals surface area contributed by atoms with Gasteiger partial charge in [0, 0.05) is 5.56 Å². The second-order valence-corrected chi connectivity index (χ2v) is 2.91. The van der Waals surface area contributed by atoms with Crippen molar-refractivity contribution in [3.8, 4) is 11.8 Å². The van der Waals surface area contributed by atoms with Gasteiger partial charge in [0.25, 0.3) is 10.7 Å². The van der Waals surface area contributed by atoms with Crippen LogP contribution in [0.2, 0.25) is 0 Å². The lowest BCUT2D eigenvalue weighted by Gasteiger charge is -1.84. The number of benzene rings is 1. The normalized spacial score (nSPS) is 9.14. The van der Waals surface area contributed by atoms with Gasteiger partial charge in [-0.05, 0) is 30.3 Å². The molecule has 0 unspecified atom stereocenters. The predicted octanol–water partition coefficient (Wildman–Crippen LogP) is 2.13. The van der Waals surface area contributed by atoms with E-state index >= 15 is 0 Å². The topological polar surface area (TPSA) is 41.8 Å². The molecule has 4 heteroatoms. The first-order valence-corrected chi connectivity index (χ1v) is 4.38. The molecule has 14 heavy (non-hydrogen) atoms. The van der Waals surface area contributed by atoms with E-state index in [1.807, 2.05) is 30.3 Å². The summed E-state index contributed by atoms with van der Waals surface area (Å²) in [6.07, 6.45) is 0. The molecule has 1 aromatic heterocycles. The molecule has 3 nitrogen and oxygen atoms in total. The molecule has 1 aromatic carbocycles. The van der Waals surface area contributed by atoms with Crippen molar-refractivity contribution in [2.75, 3.05) is 0 Å². The van der Waals surface area contributed by atoms with E-state index in [2.05, 4.69) is 22.0 Å². The molecule has 0 saturated heterocycles. The first-order chi connectivity index (χ1) is 6.84. The Balaban J connectivity index is 2.27. The minimum absolute atomic E-state index is 0.238. The average Bonchev–Trinajstić information content (AvgIpc) is 2.63. The van der Waals surface area contributed by atoms with Crippen molar-refractivity contribution in [2.24, 2.45) is 0 Å². The lowest BCUT2D eigenvalue weighted by atomic mass is 10.2. The van der Waals surface area contributed by atoms with Crippen molar-refractivity contribution in [3.05, 3.63) is 46.6 Å². The van der Waals surface area contributed by atoms with Gasteiger partial charge in [0.2, 0.25) is 0 Å². The monoisotopic (exact) mass is 202 g/mol. The zero-order valence-electron chi connectivity index (χ0n) is 7.15. The summed E-state index contributed by atoms with van der Waals surface area (Å²) in [5.41, 5.74) is 0.914. The number of aromatic nitrogens is 2. The molecule has 2 rings (SSSR count). The third kappa shape index (κ3) is 2.09. The van der Waals surface area contributed by atoms with Crippen LogP contribution in [0, 0.1) is 16.7 Å². The van der Waals surface area contributed by atoms with Crippen molar-refractivity contribution in [2.45, 2.75) is 0 Å². The SMILES string of the molecule is S=c1[nH]nc(C#Cc2ccccc2)o1. The maximum absolute atomic E-state index is 4.98. The molecule has 0 fully saturated rings. The summed E-state index contributed by atoms with van der Waals surface area (Å²) in [5, 5.41) is 6.26. The van der Waals surface area contributed by atoms with E-state index in [0.717, 1.165) is 5.56 Å². The van der Waals surface area contributed by atoms with Crippen LogP contribution in [0.5, 0.6) is 0 Å². The van der Waals surface area contributed by atoms with E-state index in [9.17, 15) is 0 Å². The van der Waals surface area contributed by atoms with Crippen LogP contribution in [0.1, 0.15) is 11.5 Å². The van der Waals surface area contributed by atoms with E-state index in [1.54, 1.807) is 0 Å². The highest BCUT2D eigenvalue weighted by Crippen LogP contribution is 1.96. The Hall–Kier alpha value is -1.86. The van der Waals surface area contributed by atoms with E-state index in [0.29, 0.717) is 5.89 Å². The molecule has 0 aliphatic heterocycles. The molecule has 1 N–H and O–H groups in total. The van der Waals surface area contributed by atoms with E-state index in [1.165, 1.54) is 0 Å². The number of hydrogen-bond donors (Lipinski definition) is 1. The molecule has 0 atom stereocenters. The van der Waals surface area contributed by atoms with Crippen LogP contribution in [-0.2, 0) is 0 Å². The molecule has 0 aliphatic rings. The number of nitrogens with one attached hydrogen (secondary N) is 1. The Labute approximate surface area is 85.8 Å². The molecule has 0 saturated carbocycles. The molecule has 1 heterocycles. The lowest BCUT2D eigenvalue weighted by Crippen LogP contribution is -1.74. The average molecular weight is 202 g/mol. The van der Waals surface area contributed by atoms with Crippen LogP contribution in [0.25, 0.3) is 0 Å². The number of hydrogen-bond acceptors (Lipinski definition) is 3. The van der Waals surface area contributed by atoms with Crippen LogP contribution in [0.4, 0.5) is 0 Å². The fourth-order valence-corrected chi connectivity index (χ4v) is 1.06. The highest BCUT2D eigenvalue weighted by Gasteiger charge is 1.91. The highest BCUT2D eigenvalue weighted by molar-refractivity contribution is 7.71. The Morgan fingerprint density at radius 1 is 1.21 bits per heavy atom. The summed E-state index contributed by atoms with van der Waals surface area (Å²) in [5.74, 6) is 5.96. The maximum atomic E-state index is 4.98. The number of aromatic amines is 1. The highest BCUT2D eigenvalue weighted by atomic mass is 32.1. The summed E-state index contributed by atoms with van der Waals surface area (Å²) >= 11 is 4.71. The fourth-order valence-electron chi connectivity index (χ4n) is 0.930. The molecular formula is C10H6N2OS. The summed E-state index contributed by atoms with van der Waals surface area (Å²) in [6.45, 7) is 0. The van der Waals surface area contributed by atoms with Gasteiger partial charge in [-0.1, -0.05) is 24.1 Å². The second kappa shape index (κ2) is 3.90. The Morgan fingerprint density at radius 3 is 2.64 bits per heavy atom. The minimum Gasteiger partial charge on any atom is -0.402 e. The van der Waals surface area contributed by atoms with Crippen LogP contribution in [0.3, 0.4) is 0 Å². The Morgan fingerprint density at radius 2 is 2.00 bits per heavy atom. The first kappa shape index (κ1) is 8.73. The van der Waals surface area contributed by atoms with Gasteiger partial charge in [0.05, 0.1) is 0 Å². The molecular weight excluding hydrogens is 196 g/mol. The van der Waals surface area contributed by atoms with Gasteiger partial charge in [0.15, 0.2) is 0 Å². The minimum atomic E-state index is 0.238. The second-order valence-electron chi connectivity index (χ2n) is 2.53. The smallest absolute Gasteiger partial charge is 0.293 e. The van der Waals surface area contributed by atoms with Crippen molar-refractivity contribution in [3.63, 3.8) is 0 Å². The largest absolute Gasteiger partial charge is 0.402 e. The molecule has 0 spiro atoms. The standard InChI is InChI=1S/C10H6N2OS/c14-10-12-11-9(13-10)7-6-8-4-2-1-3-5-8/h1-5H,(H,12,14). The predicted molar refractivity (Wildman–Crippen MR) is 54.1 cm³/mol. The van der Waals surface area contributed by atoms with Crippen molar-refractivity contribution >= 4 is 12.2 Å². The molecule has 2 aromatic rings. The van der Waals surface area contributed by atoms with E-state index in [4.69, 9.17) is 16.6 Å². The van der Waals surface area contributed by atoms with Crippen LogP contribution < -0.4 is 0 Å². The van der Waals surface area contributed by atoms with E-state index < -0.39 is 0 Å². The summed E-state index contributed by atoms with van der Waals surface area (Å²) in [6, 6.07) is 9.60. The van der Waals surface area contributed by atoms with Crippen LogP contribution in [0.15, 0.2) is 34.7 Å². The molecule has 0 radical (unpaired) electrons. The van der Waals surface area contributed by atoms with Gasteiger partial charge in [-0.15, -0.1) is 5.10 Å². The van der Waals surface area contributed by atoms with Crippen molar-refractivity contribution < 1.29 is 4.42 Å². The van der Waals surface area contributed by atoms with Gasteiger partial charge in [0.1, 0.15) is 0 Å². The molecule has 0 bridgehead atoms. The quantitative estimate of drug-likeness (QED) is 0.525. The summed E-state index contributed by atoms with van der Waals surface area (Å²) in [7, 11) is 0. The molecule has 0 aliphatic carbocycles. The van der Waals surface area contributed by atoms with Crippen molar-refractivity contribution in [1.29, 1.82) is 0 Å². The van der Waals surface area contributed by atoms with Gasteiger partial charge in [-0.25, -0.2) is 5.10 Å². The Bertz CT molecular complexity index is 530. The van der Waals surface area contributed by atoms with Gasteiger partial charge >= 0.3 is 0 Å². The zero-order valence-corrected chi connectivity index (χ0v) is 7.97. The number of H-pyrrole nitrogens is 1. The Kier molecular flexibility index (Phi) is 2.43. The van der Waals surface area contributed by atoms with Crippen LogP contribution >= 0.6 is 12.2 Å².